The van der Waals surface area contributed by atoms with Gasteiger partial charge in [-0.25, -0.2) is 4.98 Å². The van der Waals surface area contributed by atoms with E-state index in [1.54, 1.807) is 17.9 Å². The second-order valence-corrected chi connectivity index (χ2v) is 7.73. The van der Waals surface area contributed by atoms with Crippen molar-refractivity contribution in [1.29, 1.82) is 0 Å². The predicted molar refractivity (Wildman–Crippen MR) is 101 cm³/mol. The Labute approximate surface area is 155 Å². The zero-order chi connectivity index (χ0) is 18.3. The molecule has 0 unspecified atom stereocenters. The van der Waals surface area contributed by atoms with Crippen LogP contribution in [0.15, 0.2) is 22.7 Å². The van der Waals surface area contributed by atoms with Crippen LogP contribution in [0.25, 0.3) is 10.2 Å². The van der Waals surface area contributed by atoms with Gasteiger partial charge >= 0.3 is 0 Å². The molecule has 26 heavy (non-hydrogen) atoms. The molecule has 136 valence electrons. The van der Waals surface area contributed by atoms with Crippen LogP contribution in [0.3, 0.4) is 0 Å². The lowest BCUT2D eigenvalue weighted by Crippen LogP contribution is -2.37. The number of hydrogen-bond donors (Lipinski definition) is 0. The molecule has 1 aromatic carbocycles. The van der Waals surface area contributed by atoms with E-state index in [0.29, 0.717) is 17.4 Å². The third-order valence-electron chi connectivity index (χ3n) is 4.66. The molecule has 2 aromatic heterocycles. The van der Waals surface area contributed by atoms with Crippen molar-refractivity contribution in [2.75, 3.05) is 18.1 Å². The van der Waals surface area contributed by atoms with Gasteiger partial charge in [-0.3, -0.25) is 9.69 Å². The van der Waals surface area contributed by atoms with E-state index in [1.807, 2.05) is 6.92 Å². The minimum absolute atomic E-state index is 0.0252. The highest BCUT2D eigenvalue weighted by molar-refractivity contribution is 7.22. The van der Waals surface area contributed by atoms with Gasteiger partial charge in [-0.05, 0) is 44.7 Å². The molecule has 1 aliphatic rings. The molecule has 3 aromatic rings. The Morgan fingerprint density at radius 1 is 1.31 bits per heavy atom. The Hall–Kier alpha value is -2.25. The number of carbonyl (C=O) groups excluding carboxylic acids is 1. The van der Waals surface area contributed by atoms with Crippen LogP contribution in [-0.4, -0.2) is 35.3 Å². The van der Waals surface area contributed by atoms with E-state index in [-0.39, 0.29) is 17.8 Å². The molecule has 1 aliphatic heterocycles. The first-order valence-electron chi connectivity index (χ1n) is 8.76. The Morgan fingerprint density at radius 2 is 2.12 bits per heavy atom. The molecule has 1 amide bonds. The number of nitrogens with zero attached hydrogens (tertiary/aromatic N) is 3. The monoisotopic (exact) mass is 371 g/mol. The lowest BCUT2D eigenvalue weighted by atomic mass is 10.1. The standard InChI is InChI=1S/C19H21N3O3S/c1-11-6-7-12(2)17-16(11)20-19(26-17)22(10-14-5-4-8-24-14)18(23)15-9-13(3)21-25-15/h6-7,9,14H,4-5,8,10H2,1-3H3/t14-/m0/s1. The molecular formula is C19H21N3O3S. The Morgan fingerprint density at radius 3 is 2.77 bits per heavy atom. The number of aryl methyl sites for hydroxylation is 3. The van der Waals surface area contributed by atoms with Gasteiger partial charge in [-0.2, -0.15) is 0 Å². The van der Waals surface area contributed by atoms with Crippen molar-refractivity contribution < 1.29 is 14.1 Å². The number of anilines is 1. The van der Waals surface area contributed by atoms with Crippen molar-refractivity contribution in [1.82, 2.24) is 10.1 Å². The highest BCUT2D eigenvalue weighted by Crippen LogP contribution is 2.34. The SMILES string of the molecule is Cc1cc(C(=O)N(C[C@@H]2CCCO2)c2nc3c(C)ccc(C)c3s2)on1. The van der Waals surface area contributed by atoms with Gasteiger partial charge in [0.2, 0.25) is 5.76 Å². The fraction of sp³-hybridized carbons (Fsp3) is 0.421. The maximum atomic E-state index is 13.1. The number of amides is 1. The second kappa shape index (κ2) is 6.81. The number of ether oxygens (including phenoxy) is 1. The molecule has 1 atom stereocenters. The Bertz CT molecular complexity index is 917. The zero-order valence-electron chi connectivity index (χ0n) is 15.1. The summed E-state index contributed by atoms with van der Waals surface area (Å²) < 4.78 is 12.1. The van der Waals surface area contributed by atoms with E-state index >= 15 is 0 Å². The lowest BCUT2D eigenvalue weighted by Gasteiger charge is -2.21. The number of carbonyl (C=O) groups is 1. The summed E-state index contributed by atoms with van der Waals surface area (Å²) in [5, 5.41) is 4.52. The fourth-order valence-electron chi connectivity index (χ4n) is 3.20. The summed E-state index contributed by atoms with van der Waals surface area (Å²) in [6, 6.07) is 5.81. The van der Waals surface area contributed by atoms with Gasteiger partial charge in [-0.1, -0.05) is 28.6 Å². The smallest absolute Gasteiger partial charge is 0.298 e. The first-order valence-corrected chi connectivity index (χ1v) is 9.58. The average molecular weight is 371 g/mol. The van der Waals surface area contributed by atoms with Gasteiger partial charge in [0.05, 0.1) is 28.6 Å². The van der Waals surface area contributed by atoms with E-state index < -0.39 is 0 Å². The Kier molecular flexibility index (Phi) is 4.50. The molecular weight excluding hydrogens is 350 g/mol. The van der Waals surface area contributed by atoms with Crippen LogP contribution >= 0.6 is 11.3 Å². The predicted octanol–water partition coefficient (Wildman–Crippen LogP) is 4.04. The molecule has 7 heteroatoms. The minimum atomic E-state index is -0.226. The van der Waals surface area contributed by atoms with Crippen LogP contribution in [0.1, 0.15) is 40.2 Å². The van der Waals surface area contributed by atoms with E-state index in [2.05, 4.69) is 24.2 Å². The van der Waals surface area contributed by atoms with Gasteiger partial charge in [0.25, 0.3) is 5.91 Å². The average Bonchev–Trinajstić information content (AvgIpc) is 3.35. The number of benzene rings is 1. The van der Waals surface area contributed by atoms with E-state index in [1.165, 1.54) is 11.3 Å². The van der Waals surface area contributed by atoms with Crippen molar-refractivity contribution in [3.63, 3.8) is 0 Å². The minimum Gasteiger partial charge on any atom is -0.376 e. The van der Waals surface area contributed by atoms with Gasteiger partial charge in [0.15, 0.2) is 5.13 Å². The molecule has 3 heterocycles. The molecule has 1 fully saturated rings. The van der Waals surface area contributed by atoms with E-state index in [4.69, 9.17) is 14.2 Å². The van der Waals surface area contributed by atoms with Crippen LogP contribution in [-0.2, 0) is 4.74 Å². The summed E-state index contributed by atoms with van der Waals surface area (Å²) in [6.07, 6.45) is 1.99. The fourth-order valence-corrected chi connectivity index (χ4v) is 4.32. The van der Waals surface area contributed by atoms with Crippen molar-refractivity contribution in [2.45, 2.75) is 39.7 Å². The molecule has 0 saturated carbocycles. The van der Waals surface area contributed by atoms with Crippen molar-refractivity contribution in [3.05, 3.63) is 40.8 Å². The molecule has 0 aliphatic carbocycles. The van der Waals surface area contributed by atoms with E-state index in [0.717, 1.165) is 40.8 Å². The zero-order valence-corrected chi connectivity index (χ0v) is 15.9. The molecule has 1 saturated heterocycles. The van der Waals surface area contributed by atoms with Gasteiger partial charge in [0, 0.05) is 12.7 Å². The molecule has 0 bridgehead atoms. The molecule has 0 radical (unpaired) electrons. The molecule has 0 spiro atoms. The lowest BCUT2D eigenvalue weighted by molar-refractivity contribution is 0.0887. The molecule has 6 nitrogen and oxygen atoms in total. The third kappa shape index (κ3) is 3.12. The number of hydrogen-bond acceptors (Lipinski definition) is 6. The van der Waals surface area contributed by atoms with Crippen molar-refractivity contribution in [3.8, 4) is 0 Å². The maximum Gasteiger partial charge on any atom is 0.298 e. The maximum absolute atomic E-state index is 13.1. The summed E-state index contributed by atoms with van der Waals surface area (Å²) >= 11 is 1.54. The van der Waals surface area contributed by atoms with Crippen LogP contribution in [0.2, 0.25) is 0 Å². The van der Waals surface area contributed by atoms with Gasteiger partial charge < -0.3 is 9.26 Å². The Balaban J connectivity index is 1.75. The number of fused-ring (bicyclic) bond motifs is 1. The highest BCUT2D eigenvalue weighted by Gasteiger charge is 2.29. The largest absolute Gasteiger partial charge is 0.376 e. The van der Waals surface area contributed by atoms with Crippen LogP contribution in [0, 0.1) is 20.8 Å². The topological polar surface area (TPSA) is 68.5 Å². The number of thiazole rings is 1. The van der Waals surface area contributed by atoms with Gasteiger partial charge in [-0.15, -0.1) is 0 Å². The van der Waals surface area contributed by atoms with Crippen molar-refractivity contribution >= 4 is 32.6 Å². The first kappa shape index (κ1) is 17.2. The summed E-state index contributed by atoms with van der Waals surface area (Å²) in [7, 11) is 0. The normalized spacial score (nSPS) is 17.1. The van der Waals surface area contributed by atoms with Crippen LogP contribution in [0.5, 0.6) is 0 Å². The van der Waals surface area contributed by atoms with E-state index in [9.17, 15) is 4.79 Å². The number of rotatable bonds is 4. The summed E-state index contributed by atoms with van der Waals surface area (Å²) in [6.45, 7) is 7.12. The summed E-state index contributed by atoms with van der Waals surface area (Å²) in [5.74, 6) is 0.00339. The van der Waals surface area contributed by atoms with Gasteiger partial charge in [0.1, 0.15) is 0 Å². The van der Waals surface area contributed by atoms with Crippen LogP contribution < -0.4 is 4.90 Å². The molecule has 0 N–H and O–H groups in total. The molecule has 4 rings (SSSR count). The summed E-state index contributed by atoms with van der Waals surface area (Å²) in [5.41, 5.74) is 3.90. The summed E-state index contributed by atoms with van der Waals surface area (Å²) in [4.78, 5) is 19.6. The van der Waals surface area contributed by atoms with Crippen molar-refractivity contribution in [2.24, 2.45) is 0 Å². The second-order valence-electron chi connectivity index (χ2n) is 6.76. The van der Waals surface area contributed by atoms with Crippen LogP contribution in [0.4, 0.5) is 5.13 Å². The third-order valence-corrected chi connectivity index (χ3v) is 5.87. The highest BCUT2D eigenvalue weighted by atomic mass is 32.1. The first-order chi connectivity index (χ1) is 12.5. The quantitative estimate of drug-likeness (QED) is 0.692. The number of aromatic nitrogens is 2.